The minimum atomic E-state index is -4.58. The third-order valence-electron chi connectivity index (χ3n) is 11.8. The predicted molar refractivity (Wildman–Crippen MR) is 200 cm³/mol. The lowest BCUT2D eigenvalue weighted by Gasteiger charge is -2.39. The number of nitrogens with one attached hydrogen (secondary N) is 1. The van der Waals surface area contributed by atoms with E-state index < -0.39 is 29.8 Å². The van der Waals surface area contributed by atoms with Crippen molar-refractivity contribution in [3.8, 4) is 17.2 Å². The second-order valence-electron chi connectivity index (χ2n) is 15.3. The lowest BCUT2D eigenvalue weighted by molar-refractivity contribution is -0.141. The van der Waals surface area contributed by atoms with Gasteiger partial charge in [0, 0.05) is 77.4 Å². The number of alkyl halides is 3. The zero-order chi connectivity index (χ0) is 38.3. The Kier molecular flexibility index (Phi) is 9.08. The molecule has 3 aliphatic heterocycles. The SMILES string of the molecule is Cc1nc2c(F)c(-c3cccc(Cl)c3Cl)c(CCC#N)cc2c2c1cc([C@H]1C[C@H](OCc3ccnc(C(F)(F)F)c3)CN1C(=O)C1CC1)n2[C@H]1[C@H]2CN[C@@H]1C2. The number of aromatic nitrogens is 3. The number of benzene rings is 2. The summed E-state index contributed by atoms with van der Waals surface area (Å²) in [7, 11) is 0. The second kappa shape index (κ2) is 13.7. The molecule has 2 aliphatic carbocycles. The second-order valence-corrected chi connectivity index (χ2v) is 16.1. The molecule has 0 spiro atoms. The summed E-state index contributed by atoms with van der Waals surface area (Å²) in [5.41, 5.74) is 3.18. The molecule has 55 heavy (non-hydrogen) atoms. The number of nitriles is 1. The van der Waals surface area contributed by atoms with Crippen LogP contribution in [0, 0.1) is 35.9 Å². The Morgan fingerprint density at radius 1 is 1.13 bits per heavy atom. The summed E-state index contributed by atoms with van der Waals surface area (Å²) in [6, 6.07) is 13.6. The number of rotatable bonds is 9. The van der Waals surface area contributed by atoms with Crippen molar-refractivity contribution in [3.63, 3.8) is 0 Å². The fourth-order valence-electron chi connectivity index (χ4n) is 9.04. The van der Waals surface area contributed by atoms with Crippen LogP contribution in [0.25, 0.3) is 32.9 Å². The number of hydrogen-bond donors (Lipinski definition) is 1. The number of halogens is 6. The van der Waals surface area contributed by atoms with Gasteiger partial charge in [0.25, 0.3) is 0 Å². The normalized spacial score (nSPS) is 23.5. The van der Waals surface area contributed by atoms with Crippen molar-refractivity contribution in [2.45, 2.75) is 82.5 Å². The van der Waals surface area contributed by atoms with Gasteiger partial charge >= 0.3 is 6.18 Å². The summed E-state index contributed by atoms with van der Waals surface area (Å²) in [4.78, 5) is 24.2. The number of nitrogens with zero attached hydrogens (tertiary/aromatic N) is 5. The van der Waals surface area contributed by atoms with E-state index in [2.05, 4.69) is 27.0 Å². The Bertz CT molecular complexity index is 2410. The molecule has 14 heteroatoms. The van der Waals surface area contributed by atoms with Crippen LogP contribution in [0.1, 0.15) is 72.4 Å². The summed E-state index contributed by atoms with van der Waals surface area (Å²) in [6.07, 6.45) is -0.413. The number of carbonyl (C=O) groups excluding carboxylic acids is 1. The number of likely N-dealkylation sites (tertiary alicyclic amines) is 1. The van der Waals surface area contributed by atoms with Gasteiger partial charge in [-0.2, -0.15) is 18.4 Å². The average molecular weight is 792 g/mol. The summed E-state index contributed by atoms with van der Waals surface area (Å²) >= 11 is 13.1. The number of pyridine rings is 2. The summed E-state index contributed by atoms with van der Waals surface area (Å²) in [6.45, 7) is 2.92. The summed E-state index contributed by atoms with van der Waals surface area (Å²) < 4.78 is 66.0. The Labute approximate surface area is 324 Å². The van der Waals surface area contributed by atoms with Crippen LogP contribution in [-0.2, 0) is 28.7 Å². The van der Waals surface area contributed by atoms with Gasteiger partial charge in [-0.15, -0.1) is 0 Å². The molecule has 5 aliphatic rings. The van der Waals surface area contributed by atoms with E-state index in [9.17, 15) is 23.2 Å². The van der Waals surface area contributed by atoms with Gasteiger partial charge < -0.3 is 19.5 Å². The van der Waals surface area contributed by atoms with Gasteiger partial charge in [0.05, 0.1) is 46.4 Å². The lowest BCUT2D eigenvalue weighted by Crippen LogP contribution is -2.41. The van der Waals surface area contributed by atoms with Crippen LogP contribution < -0.4 is 5.32 Å². The standard InChI is InChI=1S/C41H36Cl2F4N6O2/c1-20-27-16-32(31-15-25(18-52(31)40(54)22-7-8-22)55-19-21-9-11-49-33(12-21)41(45,46)47)53(38-24-14-30(38)50-17-24)39(27)28-13-23(4-3-10-48)34(36(44)37(28)51-20)26-5-2-6-29(42)35(26)43/h2,5-6,9,11-13,16,22,24-25,30-31,38,50H,3-4,7-8,14-15,17-19H2,1H3/t24-,25+,30-,31-,38+/m1/s1. The van der Waals surface area contributed by atoms with Crippen molar-refractivity contribution in [3.05, 3.63) is 92.7 Å². The highest BCUT2D eigenvalue weighted by atomic mass is 35.5. The van der Waals surface area contributed by atoms with Crippen LogP contribution in [0.3, 0.4) is 0 Å². The Hall–Kier alpha value is -4.28. The van der Waals surface area contributed by atoms with E-state index in [1.807, 2.05) is 17.9 Å². The van der Waals surface area contributed by atoms with Crippen molar-refractivity contribution in [1.82, 2.24) is 24.8 Å². The molecule has 6 heterocycles. The molecule has 2 bridgehead atoms. The predicted octanol–water partition coefficient (Wildman–Crippen LogP) is 9.28. The molecule has 2 saturated carbocycles. The highest BCUT2D eigenvalue weighted by Gasteiger charge is 2.51. The molecule has 3 aromatic heterocycles. The summed E-state index contributed by atoms with van der Waals surface area (Å²) in [5, 5.41) is 15.2. The Morgan fingerprint density at radius 2 is 1.95 bits per heavy atom. The number of carbonyl (C=O) groups is 1. The number of ether oxygens (including phenoxy) is 1. The third kappa shape index (κ3) is 6.24. The van der Waals surface area contributed by atoms with E-state index in [-0.39, 0.29) is 64.5 Å². The maximum atomic E-state index is 17.2. The molecule has 1 N–H and O–H groups in total. The van der Waals surface area contributed by atoms with Gasteiger partial charge in [-0.1, -0.05) is 35.3 Å². The van der Waals surface area contributed by atoms with Crippen molar-refractivity contribution in [2.24, 2.45) is 11.8 Å². The molecule has 5 atom stereocenters. The highest BCUT2D eigenvalue weighted by molar-refractivity contribution is 6.43. The van der Waals surface area contributed by atoms with Gasteiger partial charge in [-0.3, -0.25) is 9.78 Å². The van der Waals surface area contributed by atoms with E-state index in [4.69, 9.17) is 32.9 Å². The molecule has 10 rings (SSSR count). The fourth-order valence-corrected chi connectivity index (χ4v) is 9.43. The molecule has 5 aromatic rings. The first-order valence-corrected chi connectivity index (χ1v) is 19.3. The quantitative estimate of drug-likeness (QED) is 0.150. The largest absolute Gasteiger partial charge is 0.433 e. The molecular weight excluding hydrogens is 755 g/mol. The Balaban J connectivity index is 1.19. The van der Waals surface area contributed by atoms with Gasteiger partial charge in [0.1, 0.15) is 11.2 Å². The van der Waals surface area contributed by atoms with Crippen LogP contribution in [0.2, 0.25) is 10.0 Å². The smallest absolute Gasteiger partial charge is 0.372 e. The van der Waals surface area contributed by atoms with Crippen LogP contribution in [0.4, 0.5) is 17.6 Å². The molecule has 3 saturated heterocycles. The molecule has 2 aromatic carbocycles. The van der Waals surface area contributed by atoms with Crippen molar-refractivity contribution < 1.29 is 27.1 Å². The maximum absolute atomic E-state index is 17.2. The molecule has 1 amide bonds. The van der Waals surface area contributed by atoms with Gasteiger partial charge in [-0.25, -0.2) is 9.37 Å². The summed E-state index contributed by atoms with van der Waals surface area (Å²) in [5.74, 6) is -0.259. The fraction of sp³-hybridized carbons (Fsp3) is 0.415. The van der Waals surface area contributed by atoms with E-state index in [1.54, 1.807) is 18.2 Å². The van der Waals surface area contributed by atoms with Crippen LogP contribution >= 0.6 is 23.2 Å². The number of hydrogen-bond acceptors (Lipinski definition) is 6. The number of fused-ring (bicyclic) bond motifs is 4. The van der Waals surface area contributed by atoms with E-state index in [0.717, 1.165) is 54.7 Å². The first-order chi connectivity index (χ1) is 26.4. The minimum absolute atomic E-state index is 0.0402. The maximum Gasteiger partial charge on any atom is 0.433 e. The van der Waals surface area contributed by atoms with Gasteiger partial charge in [0.2, 0.25) is 5.91 Å². The molecule has 284 valence electrons. The van der Waals surface area contributed by atoms with Crippen molar-refractivity contribution in [1.29, 1.82) is 5.26 Å². The van der Waals surface area contributed by atoms with Crippen LogP contribution in [-0.4, -0.2) is 50.6 Å². The number of aryl methyl sites for hydroxylation is 2. The zero-order valence-electron chi connectivity index (χ0n) is 29.8. The van der Waals surface area contributed by atoms with Gasteiger partial charge in [0.15, 0.2) is 5.82 Å². The van der Waals surface area contributed by atoms with E-state index >= 15 is 4.39 Å². The Morgan fingerprint density at radius 3 is 2.65 bits per heavy atom. The molecule has 8 nitrogen and oxygen atoms in total. The monoisotopic (exact) mass is 790 g/mol. The molecule has 0 unspecified atom stereocenters. The number of amides is 1. The van der Waals surface area contributed by atoms with Gasteiger partial charge in [-0.05, 0) is 80.0 Å². The molecule has 0 radical (unpaired) electrons. The molecule has 5 fully saturated rings. The average Bonchev–Trinajstić information content (AvgIpc) is 3.45. The first kappa shape index (κ1) is 36.4. The van der Waals surface area contributed by atoms with Crippen molar-refractivity contribution >= 4 is 50.9 Å². The minimum Gasteiger partial charge on any atom is -0.372 e. The third-order valence-corrected chi connectivity index (χ3v) is 12.7. The zero-order valence-corrected chi connectivity index (χ0v) is 31.3. The van der Waals surface area contributed by atoms with E-state index in [0.29, 0.717) is 46.7 Å². The molecular formula is C41H36Cl2F4N6O2. The first-order valence-electron chi connectivity index (χ1n) is 18.6. The van der Waals surface area contributed by atoms with E-state index in [1.165, 1.54) is 6.07 Å². The topological polar surface area (TPSA) is 96.1 Å². The highest BCUT2D eigenvalue weighted by Crippen LogP contribution is 2.51. The van der Waals surface area contributed by atoms with Crippen molar-refractivity contribution in [2.75, 3.05) is 13.1 Å². The lowest BCUT2D eigenvalue weighted by atomic mass is 9.79. The van der Waals surface area contributed by atoms with Crippen LogP contribution in [0.5, 0.6) is 0 Å². The van der Waals surface area contributed by atoms with Crippen LogP contribution in [0.15, 0.2) is 48.7 Å².